The summed E-state index contributed by atoms with van der Waals surface area (Å²) in [7, 11) is -0.861. The van der Waals surface area contributed by atoms with Crippen molar-refractivity contribution in [2.24, 2.45) is 0 Å². The van der Waals surface area contributed by atoms with Crippen LogP contribution in [0, 0.1) is 0 Å². The fourth-order valence-corrected chi connectivity index (χ4v) is 7.99. The Morgan fingerprint density at radius 3 is 1.67 bits per heavy atom. The molecule has 2 rings (SSSR count). The van der Waals surface area contributed by atoms with Crippen molar-refractivity contribution in [2.75, 3.05) is 36.7 Å². The summed E-state index contributed by atoms with van der Waals surface area (Å²) in [6, 6.07) is 22.1. The molecular weight excluding hydrogens is 327 g/mol. The first kappa shape index (κ1) is 19.5. The monoisotopic (exact) mass is 359 g/mol. The second-order valence-corrected chi connectivity index (χ2v) is 12.7. The molecule has 0 fully saturated rings. The lowest BCUT2D eigenvalue weighted by atomic mass is 10.2. The largest absolute Gasteiger partial charge is 0.158 e. The van der Waals surface area contributed by atoms with Gasteiger partial charge >= 0.3 is 0 Å². The van der Waals surface area contributed by atoms with Crippen molar-refractivity contribution in [2.45, 2.75) is 26.2 Å². The van der Waals surface area contributed by atoms with Gasteiger partial charge in [-0.05, 0) is 23.3 Å². The third-order valence-corrected chi connectivity index (χ3v) is 10.1. The predicted octanol–water partition coefficient (Wildman–Crippen LogP) is 6.26. The minimum Gasteiger partial charge on any atom is -0.158 e. The topological polar surface area (TPSA) is 0 Å². The van der Waals surface area contributed by atoms with Gasteiger partial charge in [0.1, 0.15) is 0 Å². The number of thioether (sulfide) groups is 1. The highest BCUT2D eigenvalue weighted by molar-refractivity contribution is 7.99. The van der Waals surface area contributed by atoms with Crippen LogP contribution in [0.3, 0.4) is 0 Å². The van der Waals surface area contributed by atoms with Crippen molar-refractivity contribution in [3.05, 3.63) is 71.8 Å². The van der Waals surface area contributed by atoms with E-state index in [2.05, 4.69) is 86.0 Å². The number of hydrogen-bond acceptors (Lipinski definition) is 1. The molecule has 2 aromatic carbocycles. The van der Waals surface area contributed by atoms with E-state index in [-0.39, 0.29) is 0 Å². The first-order chi connectivity index (χ1) is 11.7. The van der Waals surface area contributed by atoms with E-state index in [1.54, 1.807) is 0 Å². The maximum atomic E-state index is 2.62. The average Bonchev–Trinajstić information content (AvgIpc) is 2.64. The van der Waals surface area contributed by atoms with Crippen molar-refractivity contribution in [1.82, 2.24) is 0 Å². The van der Waals surface area contributed by atoms with Crippen molar-refractivity contribution >= 4 is 19.0 Å². The van der Waals surface area contributed by atoms with Crippen LogP contribution in [0.1, 0.15) is 24.5 Å². The van der Waals surface area contributed by atoms with E-state index in [9.17, 15) is 0 Å². The molecule has 130 valence electrons. The zero-order valence-electron chi connectivity index (χ0n) is 15.3. The molecule has 0 N–H and O–H groups in total. The van der Waals surface area contributed by atoms with Crippen LogP contribution in [0.4, 0.5) is 0 Å². The quantitative estimate of drug-likeness (QED) is 0.337. The highest BCUT2D eigenvalue weighted by Crippen LogP contribution is 2.56. The highest BCUT2D eigenvalue weighted by Gasteiger charge is 2.30. The van der Waals surface area contributed by atoms with Gasteiger partial charge in [0.25, 0.3) is 0 Å². The molecule has 0 bridgehead atoms. The van der Waals surface area contributed by atoms with Gasteiger partial charge in [-0.2, -0.15) is 11.8 Å². The van der Waals surface area contributed by atoms with E-state index in [1.165, 1.54) is 60.4 Å². The number of rotatable bonds is 11. The predicted molar refractivity (Wildman–Crippen MR) is 115 cm³/mol. The molecule has 0 saturated heterocycles. The van der Waals surface area contributed by atoms with Crippen LogP contribution in [-0.4, -0.2) is 36.7 Å². The third-order valence-electron chi connectivity index (χ3n) is 4.69. The van der Waals surface area contributed by atoms with Crippen LogP contribution >= 0.6 is 19.0 Å². The molecule has 0 aliphatic heterocycles. The van der Waals surface area contributed by atoms with Crippen molar-refractivity contribution in [3.8, 4) is 0 Å². The van der Waals surface area contributed by atoms with E-state index in [1.807, 2.05) is 0 Å². The lowest BCUT2D eigenvalue weighted by molar-refractivity contribution is 1.08. The molecule has 0 amide bonds. The van der Waals surface area contributed by atoms with E-state index in [0.717, 1.165) is 0 Å². The SMILES string of the molecule is CCCSCC[P+](C)(CCc1ccccc1)CCc1ccccc1. The molecular formula is C22H32PS+. The summed E-state index contributed by atoms with van der Waals surface area (Å²) in [5, 5.41) is 0. The second kappa shape index (κ2) is 11.0. The molecule has 0 aliphatic carbocycles. The fourth-order valence-electron chi connectivity index (χ4n) is 2.95. The van der Waals surface area contributed by atoms with Crippen molar-refractivity contribution < 1.29 is 0 Å². The van der Waals surface area contributed by atoms with Crippen LogP contribution < -0.4 is 0 Å². The molecule has 24 heavy (non-hydrogen) atoms. The molecule has 2 heteroatoms. The highest BCUT2D eigenvalue weighted by atomic mass is 32.2. The van der Waals surface area contributed by atoms with Gasteiger partial charge in [0, 0.05) is 32.5 Å². The van der Waals surface area contributed by atoms with Crippen LogP contribution in [0.5, 0.6) is 0 Å². The smallest absolute Gasteiger partial charge is 0.0682 e. The molecule has 0 saturated carbocycles. The van der Waals surface area contributed by atoms with Gasteiger partial charge in [-0.3, -0.25) is 0 Å². The molecule has 0 aromatic heterocycles. The Bertz CT molecular complexity index is 509. The standard InChI is InChI=1S/C22H32PS/c1-3-19-24-20-18-23(2,16-14-21-10-6-4-7-11-21)17-15-22-12-8-5-9-13-22/h4-13H,3,14-20H2,1-2H3/q+1. The van der Waals surface area contributed by atoms with E-state index in [4.69, 9.17) is 0 Å². The summed E-state index contributed by atoms with van der Waals surface area (Å²) in [6.07, 6.45) is 8.04. The van der Waals surface area contributed by atoms with Crippen LogP contribution in [0.25, 0.3) is 0 Å². The molecule has 0 heterocycles. The minimum atomic E-state index is -0.861. The summed E-state index contributed by atoms with van der Waals surface area (Å²) in [5.74, 6) is 2.67. The van der Waals surface area contributed by atoms with Gasteiger partial charge in [0.2, 0.25) is 0 Å². The molecule has 0 nitrogen and oxygen atoms in total. The summed E-state index contributed by atoms with van der Waals surface area (Å²) in [5.41, 5.74) is 3.01. The lowest BCUT2D eigenvalue weighted by Crippen LogP contribution is -2.12. The minimum absolute atomic E-state index is 0.861. The van der Waals surface area contributed by atoms with Gasteiger partial charge < -0.3 is 0 Å². The molecule has 0 spiro atoms. The molecule has 2 aromatic rings. The van der Waals surface area contributed by atoms with E-state index >= 15 is 0 Å². The summed E-state index contributed by atoms with van der Waals surface area (Å²) >= 11 is 2.15. The molecule has 0 atom stereocenters. The van der Waals surface area contributed by atoms with E-state index < -0.39 is 7.26 Å². The van der Waals surface area contributed by atoms with Crippen LogP contribution in [-0.2, 0) is 12.8 Å². The Morgan fingerprint density at radius 2 is 1.21 bits per heavy atom. The van der Waals surface area contributed by atoms with E-state index in [0.29, 0.717) is 0 Å². The first-order valence-corrected chi connectivity index (χ1v) is 13.2. The zero-order valence-corrected chi connectivity index (χ0v) is 17.0. The number of aryl methyl sites for hydroxylation is 2. The molecule has 0 unspecified atom stereocenters. The summed E-state index contributed by atoms with van der Waals surface area (Å²) in [6.45, 7) is 4.90. The maximum Gasteiger partial charge on any atom is 0.0682 e. The Balaban J connectivity index is 1.91. The third kappa shape index (κ3) is 7.41. The molecule has 0 aliphatic rings. The average molecular weight is 360 g/mol. The lowest BCUT2D eigenvalue weighted by Gasteiger charge is -2.23. The van der Waals surface area contributed by atoms with Gasteiger partial charge in [-0.1, -0.05) is 67.6 Å². The van der Waals surface area contributed by atoms with Gasteiger partial charge in [0.05, 0.1) is 18.5 Å². The summed E-state index contributed by atoms with van der Waals surface area (Å²) < 4.78 is 0. The summed E-state index contributed by atoms with van der Waals surface area (Å²) in [4.78, 5) is 0. The maximum absolute atomic E-state index is 2.62. The van der Waals surface area contributed by atoms with Crippen LogP contribution in [0.2, 0.25) is 0 Å². The Morgan fingerprint density at radius 1 is 0.708 bits per heavy atom. The number of hydrogen-bond donors (Lipinski definition) is 0. The van der Waals surface area contributed by atoms with Crippen LogP contribution in [0.15, 0.2) is 60.7 Å². The van der Waals surface area contributed by atoms with Crippen molar-refractivity contribution in [1.29, 1.82) is 0 Å². The van der Waals surface area contributed by atoms with Gasteiger partial charge in [0.15, 0.2) is 0 Å². The van der Waals surface area contributed by atoms with Gasteiger partial charge in [-0.25, -0.2) is 0 Å². The normalized spacial score (nSPS) is 11.6. The number of benzene rings is 2. The second-order valence-electron chi connectivity index (χ2n) is 6.87. The fraction of sp³-hybridized carbons (Fsp3) is 0.455. The Labute approximate surface area is 153 Å². The first-order valence-electron chi connectivity index (χ1n) is 9.21. The van der Waals surface area contributed by atoms with Crippen molar-refractivity contribution in [3.63, 3.8) is 0 Å². The van der Waals surface area contributed by atoms with Gasteiger partial charge in [-0.15, -0.1) is 0 Å². The Kier molecular flexibility index (Phi) is 8.92. The molecule has 0 radical (unpaired) electrons. The Hall–Kier alpha value is -0.780. The zero-order chi connectivity index (χ0) is 17.1.